The number of hydrogen-bond acceptors (Lipinski definition) is 2. The molecule has 3 N–H and O–H groups in total. The van der Waals surface area contributed by atoms with Gasteiger partial charge in [0.1, 0.15) is 5.84 Å². The number of aliphatic imine (C=N–C) groups is 1. The highest BCUT2D eigenvalue weighted by Crippen LogP contribution is 1.97. The molecule has 0 unspecified atom stereocenters. The van der Waals surface area contributed by atoms with Gasteiger partial charge in [-0.1, -0.05) is 30.3 Å². The Morgan fingerprint density at radius 2 is 2.07 bits per heavy atom. The van der Waals surface area contributed by atoms with Crippen molar-refractivity contribution in [2.45, 2.75) is 6.92 Å². The highest BCUT2D eigenvalue weighted by Gasteiger charge is 1.95. The van der Waals surface area contributed by atoms with Crippen LogP contribution in [0.15, 0.2) is 35.3 Å². The van der Waals surface area contributed by atoms with Crippen LogP contribution in [0.1, 0.15) is 12.5 Å². The first kappa shape index (κ1) is 11.2. The van der Waals surface area contributed by atoms with E-state index in [4.69, 9.17) is 5.73 Å². The van der Waals surface area contributed by atoms with Crippen LogP contribution in [0, 0.1) is 0 Å². The van der Waals surface area contributed by atoms with Crippen molar-refractivity contribution in [3.05, 3.63) is 35.9 Å². The van der Waals surface area contributed by atoms with E-state index in [1.807, 2.05) is 30.3 Å². The maximum Gasteiger partial charge on any atom is 0.216 e. The summed E-state index contributed by atoms with van der Waals surface area (Å²) in [5.74, 6) is 0.449. The van der Waals surface area contributed by atoms with Gasteiger partial charge in [-0.2, -0.15) is 0 Å². The molecule has 0 saturated carbocycles. The Hall–Kier alpha value is -1.84. The second-order valence-corrected chi connectivity index (χ2v) is 3.12. The molecule has 0 fully saturated rings. The van der Waals surface area contributed by atoms with Gasteiger partial charge < -0.3 is 11.1 Å². The summed E-state index contributed by atoms with van der Waals surface area (Å²) in [5.41, 5.74) is 6.65. The molecule has 80 valence electrons. The molecular formula is C11H15N3O. The van der Waals surface area contributed by atoms with Gasteiger partial charge in [0.25, 0.3) is 0 Å². The maximum atomic E-state index is 10.6. The number of nitrogens with two attached hydrogens (primary N) is 1. The van der Waals surface area contributed by atoms with Crippen LogP contribution in [0.25, 0.3) is 0 Å². The molecule has 4 heteroatoms. The smallest absolute Gasteiger partial charge is 0.216 e. The SMILES string of the molecule is CC(=O)NCCN=C(N)c1ccccc1. The Labute approximate surface area is 89.2 Å². The number of nitrogens with one attached hydrogen (secondary N) is 1. The fraction of sp³-hybridized carbons (Fsp3) is 0.273. The van der Waals surface area contributed by atoms with E-state index in [9.17, 15) is 4.79 Å². The van der Waals surface area contributed by atoms with Gasteiger partial charge in [0, 0.05) is 19.0 Å². The van der Waals surface area contributed by atoms with Crippen molar-refractivity contribution in [1.82, 2.24) is 5.32 Å². The lowest BCUT2D eigenvalue weighted by Crippen LogP contribution is -2.24. The number of benzene rings is 1. The van der Waals surface area contributed by atoms with E-state index in [0.29, 0.717) is 18.9 Å². The van der Waals surface area contributed by atoms with Gasteiger partial charge in [-0.25, -0.2) is 0 Å². The largest absolute Gasteiger partial charge is 0.384 e. The molecule has 0 saturated heterocycles. The molecule has 15 heavy (non-hydrogen) atoms. The Balaban J connectivity index is 2.43. The summed E-state index contributed by atoms with van der Waals surface area (Å²) in [6, 6.07) is 9.54. The predicted molar refractivity (Wildman–Crippen MR) is 60.7 cm³/mol. The van der Waals surface area contributed by atoms with E-state index in [-0.39, 0.29) is 5.91 Å². The molecule has 0 radical (unpaired) electrons. The molecule has 0 aromatic heterocycles. The second-order valence-electron chi connectivity index (χ2n) is 3.12. The van der Waals surface area contributed by atoms with E-state index in [1.54, 1.807) is 0 Å². The fourth-order valence-corrected chi connectivity index (χ4v) is 1.11. The normalized spacial score (nSPS) is 11.1. The van der Waals surface area contributed by atoms with Crippen molar-refractivity contribution in [1.29, 1.82) is 0 Å². The maximum absolute atomic E-state index is 10.6. The van der Waals surface area contributed by atoms with Gasteiger partial charge in [-0.15, -0.1) is 0 Å². The molecule has 0 atom stereocenters. The highest BCUT2D eigenvalue weighted by atomic mass is 16.1. The summed E-state index contributed by atoms with van der Waals surface area (Å²) in [6.45, 7) is 2.49. The third-order valence-corrected chi connectivity index (χ3v) is 1.84. The molecule has 0 spiro atoms. The number of hydrogen-bond donors (Lipinski definition) is 2. The van der Waals surface area contributed by atoms with Crippen LogP contribution >= 0.6 is 0 Å². The van der Waals surface area contributed by atoms with Crippen LogP contribution in [0.5, 0.6) is 0 Å². The molecule has 1 aromatic rings. The molecular weight excluding hydrogens is 190 g/mol. The monoisotopic (exact) mass is 205 g/mol. The molecule has 0 aliphatic heterocycles. The number of rotatable bonds is 4. The zero-order valence-corrected chi connectivity index (χ0v) is 8.73. The van der Waals surface area contributed by atoms with Crippen LogP contribution in [-0.2, 0) is 4.79 Å². The van der Waals surface area contributed by atoms with Crippen molar-refractivity contribution in [2.24, 2.45) is 10.7 Å². The zero-order valence-electron chi connectivity index (χ0n) is 8.73. The summed E-state index contributed by atoms with van der Waals surface area (Å²) in [7, 11) is 0. The fourth-order valence-electron chi connectivity index (χ4n) is 1.11. The molecule has 4 nitrogen and oxygen atoms in total. The molecule has 0 heterocycles. The average molecular weight is 205 g/mol. The molecule has 0 aliphatic carbocycles. The number of carbonyl (C=O) groups is 1. The van der Waals surface area contributed by atoms with Gasteiger partial charge in [0.2, 0.25) is 5.91 Å². The lowest BCUT2D eigenvalue weighted by atomic mass is 10.2. The average Bonchev–Trinajstić information content (AvgIpc) is 2.25. The van der Waals surface area contributed by atoms with Crippen LogP contribution in [0.2, 0.25) is 0 Å². The third kappa shape index (κ3) is 4.26. The minimum atomic E-state index is -0.0523. The van der Waals surface area contributed by atoms with Crippen molar-refractivity contribution in [2.75, 3.05) is 13.1 Å². The van der Waals surface area contributed by atoms with Crippen molar-refractivity contribution >= 4 is 11.7 Å². The molecule has 0 aliphatic rings. The van der Waals surface area contributed by atoms with E-state index < -0.39 is 0 Å². The lowest BCUT2D eigenvalue weighted by molar-refractivity contribution is -0.118. The molecule has 0 bridgehead atoms. The Bertz CT molecular complexity index is 346. The van der Waals surface area contributed by atoms with Crippen molar-refractivity contribution in [3.8, 4) is 0 Å². The summed E-state index contributed by atoms with van der Waals surface area (Å²) in [4.78, 5) is 14.7. The minimum Gasteiger partial charge on any atom is -0.384 e. The highest BCUT2D eigenvalue weighted by molar-refractivity contribution is 5.97. The topological polar surface area (TPSA) is 67.5 Å². The molecule has 1 amide bonds. The Morgan fingerprint density at radius 3 is 2.67 bits per heavy atom. The third-order valence-electron chi connectivity index (χ3n) is 1.84. The van der Waals surface area contributed by atoms with Gasteiger partial charge in [-0.05, 0) is 0 Å². The standard InChI is InChI=1S/C11H15N3O/c1-9(15)13-7-8-14-11(12)10-5-3-2-4-6-10/h2-6H,7-8H2,1H3,(H2,12,14)(H,13,15). The predicted octanol–water partition coefficient (Wildman–Crippen LogP) is 0.528. The van der Waals surface area contributed by atoms with Gasteiger partial charge >= 0.3 is 0 Å². The summed E-state index contributed by atoms with van der Waals surface area (Å²) < 4.78 is 0. The Kier molecular flexibility index (Phi) is 4.34. The number of amides is 1. The van der Waals surface area contributed by atoms with Crippen LogP contribution in [-0.4, -0.2) is 24.8 Å². The molecule has 1 rings (SSSR count). The summed E-state index contributed by atoms with van der Waals surface area (Å²) in [5, 5.41) is 2.65. The first-order valence-corrected chi connectivity index (χ1v) is 4.80. The first-order valence-electron chi connectivity index (χ1n) is 4.80. The van der Waals surface area contributed by atoms with E-state index in [1.165, 1.54) is 6.92 Å². The van der Waals surface area contributed by atoms with E-state index in [0.717, 1.165) is 5.56 Å². The van der Waals surface area contributed by atoms with Gasteiger partial charge in [-0.3, -0.25) is 9.79 Å². The summed E-state index contributed by atoms with van der Waals surface area (Å²) >= 11 is 0. The second kappa shape index (κ2) is 5.80. The van der Waals surface area contributed by atoms with Gasteiger partial charge in [0.15, 0.2) is 0 Å². The number of carbonyl (C=O) groups excluding carboxylic acids is 1. The van der Waals surface area contributed by atoms with Crippen molar-refractivity contribution in [3.63, 3.8) is 0 Å². The van der Waals surface area contributed by atoms with Crippen LogP contribution in [0.3, 0.4) is 0 Å². The Morgan fingerprint density at radius 1 is 1.40 bits per heavy atom. The lowest BCUT2D eigenvalue weighted by Gasteiger charge is -2.01. The number of amidine groups is 1. The zero-order chi connectivity index (χ0) is 11.1. The molecule has 1 aromatic carbocycles. The quantitative estimate of drug-likeness (QED) is 0.427. The summed E-state index contributed by atoms with van der Waals surface area (Å²) in [6.07, 6.45) is 0. The number of nitrogens with zero attached hydrogens (tertiary/aromatic N) is 1. The van der Waals surface area contributed by atoms with Crippen LogP contribution in [0.4, 0.5) is 0 Å². The first-order chi connectivity index (χ1) is 7.20. The van der Waals surface area contributed by atoms with E-state index in [2.05, 4.69) is 10.3 Å². The van der Waals surface area contributed by atoms with Gasteiger partial charge in [0.05, 0.1) is 6.54 Å². The van der Waals surface area contributed by atoms with E-state index >= 15 is 0 Å². The van der Waals surface area contributed by atoms with Crippen molar-refractivity contribution < 1.29 is 4.79 Å². The van der Waals surface area contributed by atoms with Crippen LogP contribution < -0.4 is 11.1 Å². The minimum absolute atomic E-state index is 0.0523.